The van der Waals surface area contributed by atoms with Gasteiger partial charge in [0, 0.05) is 11.1 Å². The first-order valence-electron chi connectivity index (χ1n) is 8.48. The average Bonchev–Trinajstić information content (AvgIpc) is 3.00. The molecular weight excluding hydrogens is 419 g/mol. The number of aliphatic imine (C=N–C) groups is 1. The third-order valence-corrected chi connectivity index (χ3v) is 5.63. The van der Waals surface area contributed by atoms with Crippen LogP contribution in [0.2, 0.25) is 10.0 Å². The van der Waals surface area contributed by atoms with E-state index in [1.54, 1.807) is 31.4 Å². The monoisotopic (exact) mass is 436 g/mol. The number of carbonyl (C=O) groups excluding carboxylic acids is 1. The summed E-state index contributed by atoms with van der Waals surface area (Å²) in [6, 6.07) is 8.88. The maximum Gasteiger partial charge on any atom is 0.264 e. The molecule has 2 aromatic carbocycles. The number of hydrogen-bond donors (Lipinski definition) is 1. The lowest BCUT2D eigenvalue weighted by Gasteiger charge is -2.11. The van der Waals surface area contributed by atoms with Crippen LogP contribution < -0.4 is 14.8 Å². The maximum absolute atomic E-state index is 12.4. The van der Waals surface area contributed by atoms with Gasteiger partial charge in [-0.1, -0.05) is 29.3 Å². The zero-order valence-electron chi connectivity index (χ0n) is 15.5. The van der Waals surface area contributed by atoms with Gasteiger partial charge < -0.3 is 14.8 Å². The van der Waals surface area contributed by atoms with Crippen LogP contribution in [0.25, 0.3) is 6.08 Å². The lowest BCUT2D eigenvalue weighted by Crippen LogP contribution is -2.19. The van der Waals surface area contributed by atoms with E-state index < -0.39 is 0 Å². The molecule has 1 amide bonds. The zero-order chi connectivity index (χ0) is 20.3. The smallest absolute Gasteiger partial charge is 0.264 e. The average molecular weight is 437 g/mol. The first-order valence-corrected chi connectivity index (χ1v) is 10.0. The third kappa shape index (κ3) is 4.46. The van der Waals surface area contributed by atoms with Gasteiger partial charge in [0.05, 0.1) is 29.3 Å². The van der Waals surface area contributed by atoms with Crippen LogP contribution in [0.3, 0.4) is 0 Å². The third-order valence-electron chi connectivity index (χ3n) is 3.98. The molecule has 0 saturated carbocycles. The SMILES string of the molecule is CCOc1cc(Cl)c(/C=C2/SC(=Nc3cccc(Cl)c3C)NC2=O)cc1OC. The van der Waals surface area contributed by atoms with Crippen molar-refractivity contribution < 1.29 is 14.3 Å². The summed E-state index contributed by atoms with van der Waals surface area (Å²) in [7, 11) is 1.55. The van der Waals surface area contributed by atoms with Crippen LogP contribution in [0.4, 0.5) is 5.69 Å². The lowest BCUT2D eigenvalue weighted by molar-refractivity contribution is -0.115. The van der Waals surface area contributed by atoms with Gasteiger partial charge >= 0.3 is 0 Å². The fourth-order valence-corrected chi connectivity index (χ4v) is 3.74. The number of methoxy groups -OCH3 is 1. The van der Waals surface area contributed by atoms with Crippen LogP contribution in [0.15, 0.2) is 40.2 Å². The molecule has 0 aromatic heterocycles. The summed E-state index contributed by atoms with van der Waals surface area (Å²) in [4.78, 5) is 17.3. The number of hydrogen-bond acceptors (Lipinski definition) is 5. The Bertz CT molecular complexity index is 990. The summed E-state index contributed by atoms with van der Waals surface area (Å²) in [6.45, 7) is 4.26. The molecule has 1 N–H and O–H groups in total. The van der Waals surface area contributed by atoms with Gasteiger partial charge in [-0.3, -0.25) is 4.79 Å². The minimum atomic E-state index is -0.243. The molecule has 146 valence electrons. The highest BCUT2D eigenvalue weighted by Crippen LogP contribution is 2.37. The molecule has 8 heteroatoms. The van der Waals surface area contributed by atoms with E-state index in [2.05, 4.69) is 10.3 Å². The molecule has 28 heavy (non-hydrogen) atoms. The van der Waals surface area contributed by atoms with E-state index in [4.69, 9.17) is 32.7 Å². The summed E-state index contributed by atoms with van der Waals surface area (Å²) in [5.74, 6) is 0.858. The van der Waals surface area contributed by atoms with Gasteiger partial charge in [-0.05, 0) is 61.0 Å². The van der Waals surface area contributed by atoms with E-state index in [0.29, 0.717) is 49.5 Å². The van der Waals surface area contributed by atoms with E-state index in [-0.39, 0.29) is 5.91 Å². The number of ether oxygens (including phenoxy) is 2. The summed E-state index contributed by atoms with van der Waals surface area (Å²) in [6.07, 6.45) is 1.70. The first-order chi connectivity index (χ1) is 13.4. The van der Waals surface area contributed by atoms with Crippen LogP contribution in [-0.2, 0) is 4.79 Å². The molecule has 1 saturated heterocycles. The highest BCUT2D eigenvalue weighted by atomic mass is 35.5. The van der Waals surface area contributed by atoms with Crippen LogP contribution in [0.5, 0.6) is 11.5 Å². The second kappa shape index (κ2) is 8.90. The van der Waals surface area contributed by atoms with Crippen LogP contribution >= 0.6 is 35.0 Å². The van der Waals surface area contributed by atoms with Crippen molar-refractivity contribution in [3.05, 3.63) is 56.4 Å². The molecule has 1 aliphatic rings. The highest BCUT2D eigenvalue weighted by molar-refractivity contribution is 8.18. The Morgan fingerprint density at radius 2 is 2.00 bits per heavy atom. The number of nitrogens with one attached hydrogen (secondary N) is 1. The van der Waals surface area contributed by atoms with Crippen molar-refractivity contribution in [2.75, 3.05) is 13.7 Å². The molecule has 0 radical (unpaired) electrons. The molecule has 0 aliphatic carbocycles. The summed E-state index contributed by atoms with van der Waals surface area (Å²) in [5.41, 5.74) is 2.21. The normalized spacial score (nSPS) is 16.5. The fourth-order valence-electron chi connectivity index (χ4n) is 2.54. The van der Waals surface area contributed by atoms with E-state index in [9.17, 15) is 4.79 Å². The maximum atomic E-state index is 12.4. The van der Waals surface area contributed by atoms with E-state index in [1.165, 1.54) is 11.8 Å². The van der Waals surface area contributed by atoms with E-state index in [0.717, 1.165) is 5.56 Å². The van der Waals surface area contributed by atoms with Gasteiger partial charge in [-0.2, -0.15) is 0 Å². The predicted octanol–water partition coefficient (Wildman–Crippen LogP) is 5.60. The molecule has 1 fully saturated rings. The van der Waals surface area contributed by atoms with Crippen molar-refractivity contribution in [2.24, 2.45) is 4.99 Å². The van der Waals surface area contributed by atoms with Crippen LogP contribution in [0, 0.1) is 6.92 Å². The number of amidine groups is 1. The van der Waals surface area contributed by atoms with Crippen molar-refractivity contribution in [3.63, 3.8) is 0 Å². The van der Waals surface area contributed by atoms with E-state index >= 15 is 0 Å². The highest BCUT2D eigenvalue weighted by Gasteiger charge is 2.24. The molecule has 1 aliphatic heterocycles. The van der Waals surface area contributed by atoms with Crippen LogP contribution in [-0.4, -0.2) is 24.8 Å². The Hall–Kier alpha value is -2.15. The lowest BCUT2D eigenvalue weighted by atomic mass is 10.2. The molecule has 3 rings (SSSR count). The number of rotatable bonds is 5. The Morgan fingerprint density at radius 3 is 2.71 bits per heavy atom. The molecule has 2 aromatic rings. The minimum Gasteiger partial charge on any atom is -0.493 e. The standard InChI is InChI=1S/C20H18Cl2N2O3S/c1-4-27-17-10-14(22)12(8-16(17)26-3)9-18-19(25)24-20(28-18)23-15-7-5-6-13(21)11(15)2/h5-10H,4H2,1-3H3,(H,23,24,25)/b18-9+. The number of carbonyl (C=O) groups is 1. The van der Waals surface area contributed by atoms with Gasteiger partial charge in [-0.25, -0.2) is 4.99 Å². The van der Waals surface area contributed by atoms with Gasteiger partial charge in [0.2, 0.25) is 0 Å². The quantitative estimate of drug-likeness (QED) is 0.619. The van der Waals surface area contributed by atoms with Crippen LogP contribution in [0.1, 0.15) is 18.1 Å². The Morgan fingerprint density at radius 1 is 1.21 bits per heavy atom. The number of benzene rings is 2. The van der Waals surface area contributed by atoms with Crippen molar-refractivity contribution in [2.45, 2.75) is 13.8 Å². The molecule has 5 nitrogen and oxygen atoms in total. The summed E-state index contributed by atoms with van der Waals surface area (Å²) in [5, 5.41) is 4.33. The first kappa shape index (κ1) is 20.6. The predicted molar refractivity (Wildman–Crippen MR) is 116 cm³/mol. The van der Waals surface area contributed by atoms with Gasteiger partial charge in [0.15, 0.2) is 16.7 Å². The number of nitrogens with zero attached hydrogens (tertiary/aromatic N) is 1. The van der Waals surface area contributed by atoms with E-state index in [1.807, 2.05) is 26.0 Å². The molecular formula is C20H18Cl2N2O3S. The van der Waals surface area contributed by atoms with Crippen molar-refractivity contribution >= 4 is 57.8 Å². The second-order valence-electron chi connectivity index (χ2n) is 5.82. The number of halogens is 2. The fraction of sp³-hybridized carbons (Fsp3) is 0.200. The Labute approximate surface area is 177 Å². The Kier molecular flexibility index (Phi) is 6.54. The van der Waals surface area contributed by atoms with Gasteiger partial charge in [-0.15, -0.1) is 0 Å². The molecule has 0 unspecified atom stereocenters. The number of amides is 1. The molecule has 0 bridgehead atoms. The largest absolute Gasteiger partial charge is 0.493 e. The number of thioether (sulfide) groups is 1. The van der Waals surface area contributed by atoms with Gasteiger partial charge in [0.25, 0.3) is 5.91 Å². The topological polar surface area (TPSA) is 59.9 Å². The summed E-state index contributed by atoms with van der Waals surface area (Å²) < 4.78 is 10.9. The van der Waals surface area contributed by atoms with Crippen molar-refractivity contribution in [1.29, 1.82) is 0 Å². The van der Waals surface area contributed by atoms with Gasteiger partial charge in [0.1, 0.15) is 0 Å². The van der Waals surface area contributed by atoms with Crippen molar-refractivity contribution in [1.82, 2.24) is 5.32 Å². The summed E-state index contributed by atoms with van der Waals surface area (Å²) >= 11 is 13.7. The minimum absolute atomic E-state index is 0.243. The zero-order valence-corrected chi connectivity index (χ0v) is 17.8. The molecule has 0 spiro atoms. The Balaban J connectivity index is 1.91. The molecule has 0 atom stereocenters. The second-order valence-corrected chi connectivity index (χ2v) is 7.67. The molecule has 1 heterocycles. The van der Waals surface area contributed by atoms with Crippen molar-refractivity contribution in [3.8, 4) is 11.5 Å².